The number of amides is 1. The molecule has 2 saturated heterocycles. The molecule has 4 rings (SSSR count). The SMILES string of the molecule is COc1ccc(COCC[C@@H]2OC(=O)N3[C@H]2[C@H](O)[C@H](O)[C@H]3COCc2ccccc2)cc1. The third-order valence-corrected chi connectivity index (χ3v) is 5.99. The molecule has 0 saturated carbocycles. The first kappa shape index (κ1) is 22.5. The first-order valence-electron chi connectivity index (χ1n) is 10.8. The zero-order valence-corrected chi connectivity index (χ0v) is 18.0. The summed E-state index contributed by atoms with van der Waals surface area (Å²) in [6.45, 7) is 1.24. The summed E-state index contributed by atoms with van der Waals surface area (Å²) in [4.78, 5) is 13.9. The molecule has 0 radical (unpaired) electrons. The van der Waals surface area contributed by atoms with E-state index in [0.29, 0.717) is 26.2 Å². The molecule has 2 aliphatic heterocycles. The first-order chi connectivity index (χ1) is 15.6. The second kappa shape index (κ2) is 10.3. The molecule has 0 bridgehead atoms. The lowest BCUT2D eigenvalue weighted by molar-refractivity contribution is -0.0181. The van der Waals surface area contributed by atoms with E-state index < -0.39 is 36.5 Å². The van der Waals surface area contributed by atoms with Gasteiger partial charge in [-0.2, -0.15) is 0 Å². The van der Waals surface area contributed by atoms with Crippen LogP contribution in [0.1, 0.15) is 17.5 Å². The second-order valence-electron chi connectivity index (χ2n) is 8.06. The molecule has 0 aliphatic carbocycles. The van der Waals surface area contributed by atoms with Gasteiger partial charge in [0.15, 0.2) is 0 Å². The molecule has 32 heavy (non-hydrogen) atoms. The van der Waals surface area contributed by atoms with Crippen LogP contribution in [0.5, 0.6) is 5.75 Å². The number of hydrogen-bond acceptors (Lipinski definition) is 7. The van der Waals surface area contributed by atoms with E-state index in [4.69, 9.17) is 18.9 Å². The van der Waals surface area contributed by atoms with Crippen LogP contribution < -0.4 is 4.74 Å². The van der Waals surface area contributed by atoms with E-state index in [1.54, 1.807) is 7.11 Å². The molecule has 8 nitrogen and oxygen atoms in total. The molecule has 2 fully saturated rings. The smallest absolute Gasteiger partial charge is 0.411 e. The number of carbonyl (C=O) groups excluding carboxylic acids is 1. The lowest BCUT2D eigenvalue weighted by Crippen LogP contribution is -2.42. The molecule has 2 aliphatic rings. The van der Waals surface area contributed by atoms with Gasteiger partial charge in [-0.3, -0.25) is 4.90 Å². The third-order valence-electron chi connectivity index (χ3n) is 5.99. The fraction of sp³-hybridized carbons (Fsp3) is 0.458. The Kier molecular flexibility index (Phi) is 7.26. The molecule has 1 amide bonds. The summed E-state index contributed by atoms with van der Waals surface area (Å²) in [7, 11) is 1.62. The van der Waals surface area contributed by atoms with E-state index >= 15 is 0 Å². The van der Waals surface area contributed by atoms with Crippen molar-refractivity contribution in [3.05, 3.63) is 65.7 Å². The molecule has 2 aromatic rings. The standard InChI is InChI=1S/C24H29NO7/c1-29-18-9-7-17(8-10-18)13-30-12-11-20-21-23(27)22(26)19(25(21)24(28)32-20)15-31-14-16-5-3-2-4-6-16/h2-10,19-23,26-27H,11-15H2,1H3/t19-,20+,21-,22-,23+/m1/s1. The topological polar surface area (TPSA) is 97.7 Å². The van der Waals surface area contributed by atoms with Crippen molar-refractivity contribution in [1.29, 1.82) is 0 Å². The fourth-order valence-electron chi connectivity index (χ4n) is 4.29. The van der Waals surface area contributed by atoms with Crippen LogP contribution in [0, 0.1) is 0 Å². The first-order valence-corrected chi connectivity index (χ1v) is 10.8. The summed E-state index contributed by atoms with van der Waals surface area (Å²) in [5.41, 5.74) is 2.00. The number of nitrogens with zero attached hydrogens (tertiary/aromatic N) is 1. The van der Waals surface area contributed by atoms with Gasteiger partial charge in [0.1, 0.15) is 30.1 Å². The van der Waals surface area contributed by atoms with Gasteiger partial charge in [0, 0.05) is 6.42 Å². The maximum absolute atomic E-state index is 12.5. The zero-order chi connectivity index (χ0) is 22.5. The molecule has 2 N–H and O–H groups in total. The van der Waals surface area contributed by atoms with Crippen LogP contribution >= 0.6 is 0 Å². The van der Waals surface area contributed by atoms with Gasteiger partial charge in [-0.1, -0.05) is 42.5 Å². The Hall–Kier alpha value is -2.65. The highest BCUT2D eigenvalue weighted by molar-refractivity contribution is 5.72. The van der Waals surface area contributed by atoms with Crippen molar-refractivity contribution in [2.24, 2.45) is 0 Å². The van der Waals surface area contributed by atoms with Crippen LogP contribution in [-0.2, 0) is 27.4 Å². The van der Waals surface area contributed by atoms with E-state index in [1.807, 2.05) is 54.6 Å². The molecular formula is C24H29NO7. The molecule has 0 aromatic heterocycles. The number of ether oxygens (including phenoxy) is 4. The minimum atomic E-state index is -1.10. The maximum Gasteiger partial charge on any atom is 0.411 e. The van der Waals surface area contributed by atoms with Gasteiger partial charge in [-0.25, -0.2) is 4.79 Å². The van der Waals surface area contributed by atoms with E-state index in [9.17, 15) is 15.0 Å². The second-order valence-corrected chi connectivity index (χ2v) is 8.06. The highest BCUT2D eigenvalue weighted by atomic mass is 16.6. The van der Waals surface area contributed by atoms with Gasteiger partial charge in [0.05, 0.1) is 39.6 Å². The van der Waals surface area contributed by atoms with Crippen molar-refractivity contribution in [2.45, 2.75) is 50.0 Å². The lowest BCUT2D eigenvalue weighted by Gasteiger charge is -2.22. The molecular weight excluding hydrogens is 414 g/mol. The van der Waals surface area contributed by atoms with Crippen molar-refractivity contribution >= 4 is 6.09 Å². The summed E-state index contributed by atoms with van der Waals surface area (Å²) < 4.78 is 22.1. The fourth-order valence-corrected chi connectivity index (χ4v) is 4.29. The number of fused-ring (bicyclic) bond motifs is 1. The van der Waals surface area contributed by atoms with E-state index in [-0.39, 0.29) is 6.61 Å². The number of aliphatic hydroxyl groups is 2. The summed E-state index contributed by atoms with van der Waals surface area (Å²) in [6.07, 6.45) is -2.87. The van der Waals surface area contributed by atoms with E-state index in [1.165, 1.54) is 4.90 Å². The Morgan fingerprint density at radius 1 is 0.938 bits per heavy atom. The van der Waals surface area contributed by atoms with Gasteiger partial charge in [-0.15, -0.1) is 0 Å². The predicted octanol–water partition coefficient (Wildman–Crippen LogP) is 2.11. The van der Waals surface area contributed by atoms with Crippen molar-refractivity contribution < 1.29 is 34.0 Å². The Morgan fingerprint density at radius 3 is 2.34 bits per heavy atom. The molecule has 8 heteroatoms. The van der Waals surface area contributed by atoms with Crippen molar-refractivity contribution in [3.8, 4) is 5.75 Å². The van der Waals surface area contributed by atoms with Crippen molar-refractivity contribution in [3.63, 3.8) is 0 Å². The van der Waals surface area contributed by atoms with Gasteiger partial charge in [0.25, 0.3) is 0 Å². The molecule has 0 unspecified atom stereocenters. The highest BCUT2D eigenvalue weighted by Gasteiger charge is 2.58. The largest absolute Gasteiger partial charge is 0.497 e. The summed E-state index contributed by atoms with van der Waals surface area (Å²) in [5, 5.41) is 21.1. The lowest BCUT2D eigenvalue weighted by atomic mass is 10.0. The van der Waals surface area contributed by atoms with Gasteiger partial charge < -0.3 is 29.2 Å². The van der Waals surface area contributed by atoms with E-state index in [2.05, 4.69) is 0 Å². The number of aliphatic hydroxyl groups excluding tert-OH is 2. The average molecular weight is 443 g/mol. The summed E-state index contributed by atoms with van der Waals surface area (Å²) in [5.74, 6) is 0.780. The number of methoxy groups -OCH3 is 1. The van der Waals surface area contributed by atoms with Gasteiger partial charge >= 0.3 is 6.09 Å². The van der Waals surface area contributed by atoms with E-state index in [0.717, 1.165) is 16.9 Å². The third kappa shape index (κ3) is 4.88. The normalized spacial score (nSPS) is 26.8. The minimum Gasteiger partial charge on any atom is -0.497 e. The number of rotatable bonds is 10. The van der Waals surface area contributed by atoms with Crippen LogP contribution in [0.25, 0.3) is 0 Å². The molecule has 2 aromatic carbocycles. The number of cyclic esters (lactones) is 1. The predicted molar refractivity (Wildman–Crippen MR) is 115 cm³/mol. The van der Waals surface area contributed by atoms with Crippen molar-refractivity contribution in [1.82, 2.24) is 4.90 Å². The summed E-state index contributed by atoms with van der Waals surface area (Å²) in [6, 6.07) is 15.9. The van der Waals surface area contributed by atoms with Crippen LogP contribution in [-0.4, -0.2) is 71.9 Å². The zero-order valence-electron chi connectivity index (χ0n) is 18.0. The minimum absolute atomic E-state index is 0.111. The quantitative estimate of drug-likeness (QED) is 0.543. The number of benzene rings is 2. The van der Waals surface area contributed by atoms with Crippen molar-refractivity contribution in [2.75, 3.05) is 20.3 Å². The summed E-state index contributed by atoms with van der Waals surface area (Å²) >= 11 is 0. The van der Waals surface area contributed by atoms with Crippen LogP contribution in [0.4, 0.5) is 4.79 Å². The Balaban J connectivity index is 1.27. The molecule has 0 spiro atoms. The Labute approximate surface area is 187 Å². The average Bonchev–Trinajstić information content (AvgIpc) is 3.27. The van der Waals surface area contributed by atoms with Gasteiger partial charge in [0.2, 0.25) is 0 Å². The number of carbonyl (C=O) groups is 1. The van der Waals surface area contributed by atoms with Crippen LogP contribution in [0.2, 0.25) is 0 Å². The maximum atomic E-state index is 12.5. The Morgan fingerprint density at radius 2 is 1.62 bits per heavy atom. The van der Waals surface area contributed by atoms with Crippen LogP contribution in [0.3, 0.4) is 0 Å². The highest BCUT2D eigenvalue weighted by Crippen LogP contribution is 2.36. The molecule has 2 heterocycles. The number of hydrogen-bond donors (Lipinski definition) is 2. The Bertz CT molecular complexity index is 876. The van der Waals surface area contributed by atoms with Crippen LogP contribution in [0.15, 0.2) is 54.6 Å². The molecule has 172 valence electrons. The van der Waals surface area contributed by atoms with Gasteiger partial charge in [-0.05, 0) is 23.3 Å². The molecule has 5 atom stereocenters. The monoisotopic (exact) mass is 443 g/mol.